The SMILES string of the molecule is CC1Cc2cccc[n+]2[C@@]2(N)[n+]3ccccc3C[N+]2(C)C2CCCCC12.[Cl][Fe][Cl]. The van der Waals surface area contributed by atoms with Crippen LogP contribution in [0.3, 0.4) is 0 Å². The second kappa shape index (κ2) is 8.45. The van der Waals surface area contributed by atoms with Gasteiger partial charge in [0.25, 0.3) is 5.69 Å². The van der Waals surface area contributed by atoms with Crippen LogP contribution in [0.2, 0.25) is 0 Å². The van der Waals surface area contributed by atoms with Gasteiger partial charge in [-0.15, -0.1) is 0 Å². The molecule has 0 spiro atoms. The van der Waals surface area contributed by atoms with Gasteiger partial charge in [0.15, 0.2) is 24.6 Å². The molecule has 0 amide bonds. The van der Waals surface area contributed by atoms with Gasteiger partial charge in [-0.25, -0.2) is 0 Å². The molecule has 1 aliphatic carbocycles. The van der Waals surface area contributed by atoms with Gasteiger partial charge in [0.1, 0.15) is 6.04 Å². The van der Waals surface area contributed by atoms with Crippen LogP contribution in [0, 0.1) is 11.8 Å². The van der Waals surface area contributed by atoms with Crippen LogP contribution in [0.4, 0.5) is 0 Å². The molecule has 1 saturated carbocycles. The van der Waals surface area contributed by atoms with Gasteiger partial charge in [-0.05, 0) is 24.8 Å². The summed E-state index contributed by atoms with van der Waals surface area (Å²) < 4.78 is 5.61. The minimum absolute atomic E-state index is 0.194. The molecule has 1 fully saturated rings. The van der Waals surface area contributed by atoms with E-state index in [1.807, 2.05) is 0 Å². The van der Waals surface area contributed by atoms with Crippen molar-refractivity contribution < 1.29 is 26.8 Å². The summed E-state index contributed by atoms with van der Waals surface area (Å²) in [6, 6.07) is 13.7. The first kappa shape index (κ1) is 21.5. The fourth-order valence-electron chi connectivity index (χ4n) is 6.31. The van der Waals surface area contributed by atoms with E-state index in [0.717, 1.165) is 23.4 Å². The molecule has 3 aliphatic rings. The van der Waals surface area contributed by atoms with Crippen molar-refractivity contribution in [3.05, 3.63) is 60.2 Å². The van der Waals surface area contributed by atoms with Crippen molar-refractivity contribution in [1.82, 2.24) is 0 Å². The van der Waals surface area contributed by atoms with Gasteiger partial charge in [0.2, 0.25) is 0 Å². The molecule has 2 aromatic rings. The zero-order valence-electron chi connectivity index (χ0n) is 17.1. The number of rotatable bonds is 0. The first-order chi connectivity index (χ1) is 14.0. The molecule has 4 unspecified atom stereocenters. The molecule has 158 valence electrons. The van der Waals surface area contributed by atoms with Crippen molar-refractivity contribution in [1.29, 1.82) is 0 Å². The van der Waals surface area contributed by atoms with Crippen molar-refractivity contribution in [2.45, 2.75) is 57.5 Å². The summed E-state index contributed by atoms with van der Waals surface area (Å²) in [4.78, 5) is 0. The van der Waals surface area contributed by atoms with Crippen molar-refractivity contribution in [2.24, 2.45) is 17.6 Å². The van der Waals surface area contributed by atoms with Gasteiger partial charge in [0.05, 0.1) is 7.05 Å². The molecule has 0 saturated heterocycles. The molecule has 4 heterocycles. The van der Waals surface area contributed by atoms with Crippen LogP contribution in [-0.2, 0) is 32.0 Å². The molecule has 2 N–H and O–H groups in total. The van der Waals surface area contributed by atoms with E-state index in [1.165, 1.54) is 37.1 Å². The standard InChI is InChI=1S/C22H31N4.2ClH.Fe/c1-17-15-18-9-5-7-13-24(18)22(23)25-14-8-6-10-19(25)16-26(22,2)21-12-4-3-11-20(17)21;;;/h5-10,13-14,17,20-21H,3-4,11-12,15-16,23H2,1-2H3;2*1H;/q+3;;;+2/p-2/t17?,20?,21?,22-,26?;;;/m0.../s1. The van der Waals surface area contributed by atoms with Crippen LogP contribution in [0.1, 0.15) is 44.0 Å². The Labute approximate surface area is 188 Å². The Kier molecular flexibility index (Phi) is 6.28. The van der Waals surface area contributed by atoms with E-state index in [2.05, 4.69) is 71.9 Å². The third-order valence-corrected chi connectivity index (χ3v) is 7.62. The van der Waals surface area contributed by atoms with Crippen molar-refractivity contribution in [3.63, 3.8) is 0 Å². The Morgan fingerprint density at radius 2 is 1.62 bits per heavy atom. The van der Waals surface area contributed by atoms with E-state index in [1.54, 1.807) is 0 Å². The van der Waals surface area contributed by atoms with Crippen LogP contribution >= 0.6 is 20.2 Å². The number of nitrogens with two attached hydrogens (primary N) is 1. The minimum atomic E-state index is -0.590. The summed E-state index contributed by atoms with van der Waals surface area (Å²) in [6.07, 6.45) is 10.9. The molecule has 0 radical (unpaired) electrons. The second-order valence-electron chi connectivity index (χ2n) is 8.98. The zero-order chi connectivity index (χ0) is 20.6. The Hall–Kier alpha value is -0.681. The van der Waals surface area contributed by atoms with Gasteiger partial charge in [-0.3, -0.25) is 0 Å². The molecule has 7 heteroatoms. The number of quaternary nitrogens is 1. The van der Waals surface area contributed by atoms with E-state index < -0.39 is 5.91 Å². The van der Waals surface area contributed by atoms with Gasteiger partial charge in [0, 0.05) is 43.0 Å². The fourth-order valence-corrected chi connectivity index (χ4v) is 6.31. The molecule has 29 heavy (non-hydrogen) atoms. The first-order valence-corrected chi connectivity index (χ1v) is 13.5. The molecule has 2 aliphatic heterocycles. The van der Waals surface area contributed by atoms with Crippen molar-refractivity contribution >= 4 is 20.2 Å². The fraction of sp³-hybridized carbons (Fsp3) is 0.545. The Morgan fingerprint density at radius 3 is 2.31 bits per heavy atom. The van der Waals surface area contributed by atoms with Crippen LogP contribution in [0.5, 0.6) is 0 Å². The summed E-state index contributed by atoms with van der Waals surface area (Å²) in [6.45, 7) is 3.47. The van der Waals surface area contributed by atoms with Gasteiger partial charge >= 0.3 is 39.2 Å². The number of halogens is 2. The van der Waals surface area contributed by atoms with E-state index in [4.69, 9.17) is 25.9 Å². The van der Waals surface area contributed by atoms with Crippen LogP contribution in [0.15, 0.2) is 48.8 Å². The second-order valence-corrected chi connectivity index (χ2v) is 10.8. The number of hydrogen-bond acceptors (Lipinski definition) is 1. The van der Waals surface area contributed by atoms with Gasteiger partial charge in [-0.2, -0.15) is 10.2 Å². The van der Waals surface area contributed by atoms with Crippen LogP contribution in [0.25, 0.3) is 0 Å². The van der Waals surface area contributed by atoms with E-state index in [0.29, 0.717) is 12.0 Å². The number of nitrogens with zero attached hydrogens (tertiary/aromatic N) is 3. The quantitative estimate of drug-likeness (QED) is 0.352. The monoisotopic (exact) mass is 477 g/mol. The third-order valence-electron chi connectivity index (χ3n) is 7.62. The topological polar surface area (TPSA) is 33.8 Å². The molecule has 0 aromatic carbocycles. The maximum atomic E-state index is 7.44. The average molecular weight is 478 g/mol. The molecule has 0 bridgehead atoms. The van der Waals surface area contributed by atoms with Crippen molar-refractivity contribution in [2.75, 3.05) is 7.05 Å². The molecule has 5 atom stereocenters. The predicted molar refractivity (Wildman–Crippen MR) is 111 cm³/mol. The molecule has 5 rings (SSSR count). The number of fused-ring (bicyclic) bond motifs is 7. The summed E-state index contributed by atoms with van der Waals surface area (Å²) in [7, 11) is 11.9. The normalized spacial score (nSPS) is 35.1. The number of hydrogen-bond donors (Lipinski definition) is 1. The molecule has 2 aromatic heterocycles. The van der Waals surface area contributed by atoms with E-state index in [-0.39, 0.29) is 13.1 Å². The zero-order valence-corrected chi connectivity index (χ0v) is 19.7. The van der Waals surface area contributed by atoms with Gasteiger partial charge < -0.3 is 0 Å². The summed E-state index contributed by atoms with van der Waals surface area (Å²) in [5.41, 5.74) is 10.1. The summed E-state index contributed by atoms with van der Waals surface area (Å²) in [5.74, 6) is 0.857. The molecular weight excluding hydrogens is 447 g/mol. The summed E-state index contributed by atoms with van der Waals surface area (Å²) >= 11 is 0.194. The number of aromatic nitrogens is 2. The Balaban J connectivity index is 0.000000645. The molecule has 4 nitrogen and oxygen atoms in total. The Morgan fingerprint density at radius 1 is 1.03 bits per heavy atom. The van der Waals surface area contributed by atoms with E-state index >= 15 is 0 Å². The molecular formula is C22H31Cl2FeN4+3. The van der Waals surface area contributed by atoms with Crippen molar-refractivity contribution in [3.8, 4) is 0 Å². The maximum absolute atomic E-state index is 7.44. The first-order valence-electron chi connectivity index (χ1n) is 10.5. The number of pyridine rings is 2. The van der Waals surface area contributed by atoms with Crippen LogP contribution in [-0.4, -0.2) is 17.6 Å². The predicted octanol–water partition coefficient (Wildman–Crippen LogP) is 3.42. The summed E-state index contributed by atoms with van der Waals surface area (Å²) in [5, 5.41) is 0. The Bertz CT molecular complexity index is 881. The van der Waals surface area contributed by atoms with Gasteiger partial charge in [-0.1, -0.05) is 28.5 Å². The van der Waals surface area contributed by atoms with Crippen LogP contribution < -0.4 is 14.9 Å². The third kappa shape index (κ3) is 3.35. The average Bonchev–Trinajstić information content (AvgIpc) is 2.97. The van der Waals surface area contributed by atoms with E-state index in [9.17, 15) is 0 Å².